The topological polar surface area (TPSA) is 12.9 Å². The molecule has 0 radical (unpaired) electrons. The third-order valence-electron chi connectivity index (χ3n) is 2.28. The molecule has 12 heavy (non-hydrogen) atoms. The maximum atomic E-state index is 13.2. The van der Waals surface area contributed by atoms with Gasteiger partial charge in [0.15, 0.2) is 0 Å². The molecular weight excluding hydrogens is 153 g/mol. The summed E-state index contributed by atoms with van der Waals surface area (Å²) in [7, 11) is 0. The van der Waals surface area contributed by atoms with Crippen molar-refractivity contribution in [1.82, 2.24) is 4.98 Å². The molecule has 66 valence electrons. The monoisotopic (exact) mass is 167 g/mol. The van der Waals surface area contributed by atoms with Crippen LogP contribution in [0, 0.1) is 5.82 Å². The summed E-state index contributed by atoms with van der Waals surface area (Å²) in [5, 5.41) is 0. The Labute approximate surface area is 72.6 Å². The normalized spacial score (nSPS) is 11.7. The van der Waals surface area contributed by atoms with E-state index in [1.807, 2.05) is 20.8 Å². The molecule has 1 aromatic rings. The fourth-order valence-electron chi connectivity index (χ4n) is 1.05. The van der Waals surface area contributed by atoms with Crippen LogP contribution in [0.15, 0.2) is 18.3 Å². The van der Waals surface area contributed by atoms with Crippen molar-refractivity contribution in [3.63, 3.8) is 0 Å². The minimum absolute atomic E-state index is 0.161. The highest BCUT2D eigenvalue weighted by Crippen LogP contribution is 2.26. The van der Waals surface area contributed by atoms with Gasteiger partial charge in [-0.25, -0.2) is 4.39 Å². The van der Waals surface area contributed by atoms with E-state index < -0.39 is 0 Å². The summed E-state index contributed by atoms with van der Waals surface area (Å²) in [5.41, 5.74) is 0.401. The van der Waals surface area contributed by atoms with Gasteiger partial charge < -0.3 is 0 Å². The van der Waals surface area contributed by atoms with Gasteiger partial charge in [-0.05, 0) is 18.6 Å². The highest BCUT2D eigenvalue weighted by Gasteiger charge is 2.22. The number of aromatic nitrogens is 1. The van der Waals surface area contributed by atoms with Gasteiger partial charge in [0.2, 0.25) is 0 Å². The first-order valence-electron chi connectivity index (χ1n) is 4.19. The van der Waals surface area contributed by atoms with E-state index in [9.17, 15) is 4.39 Å². The molecule has 0 atom stereocenters. The minimum Gasteiger partial charge on any atom is -0.258 e. The number of halogens is 1. The van der Waals surface area contributed by atoms with Crippen LogP contribution in [0.1, 0.15) is 32.9 Å². The Morgan fingerprint density at radius 2 is 2.17 bits per heavy atom. The maximum absolute atomic E-state index is 13.2. The Hall–Kier alpha value is -0.920. The molecule has 0 aliphatic rings. The molecule has 1 nitrogen and oxygen atoms in total. The van der Waals surface area contributed by atoms with Gasteiger partial charge in [-0.3, -0.25) is 4.98 Å². The van der Waals surface area contributed by atoms with Crippen LogP contribution >= 0.6 is 0 Å². The number of rotatable bonds is 2. The average molecular weight is 167 g/mol. The van der Waals surface area contributed by atoms with Gasteiger partial charge in [-0.1, -0.05) is 20.8 Å². The van der Waals surface area contributed by atoms with Gasteiger partial charge in [0.1, 0.15) is 5.82 Å². The molecule has 0 aromatic carbocycles. The van der Waals surface area contributed by atoms with Crippen LogP contribution < -0.4 is 0 Å². The van der Waals surface area contributed by atoms with Crippen LogP contribution in [0.3, 0.4) is 0 Å². The van der Waals surface area contributed by atoms with Crippen molar-refractivity contribution >= 4 is 0 Å². The van der Waals surface area contributed by atoms with E-state index in [0.29, 0.717) is 5.69 Å². The first kappa shape index (κ1) is 9.17. The lowest BCUT2D eigenvalue weighted by Gasteiger charge is -2.21. The van der Waals surface area contributed by atoms with Gasteiger partial charge in [-0.15, -0.1) is 0 Å². The van der Waals surface area contributed by atoms with Gasteiger partial charge in [0.05, 0.1) is 5.69 Å². The Kier molecular flexibility index (Phi) is 2.46. The summed E-state index contributed by atoms with van der Waals surface area (Å²) in [5.74, 6) is -0.204. The molecule has 0 unspecified atom stereocenters. The smallest absolute Gasteiger partial charge is 0.145 e. The Morgan fingerprint density at radius 1 is 1.50 bits per heavy atom. The molecule has 0 saturated heterocycles. The van der Waals surface area contributed by atoms with Crippen LogP contribution in [0.4, 0.5) is 4.39 Å². The molecule has 0 N–H and O–H groups in total. The van der Waals surface area contributed by atoms with E-state index in [1.165, 1.54) is 6.07 Å². The Balaban J connectivity index is 3.10. The fraction of sp³-hybridized carbons (Fsp3) is 0.500. The van der Waals surface area contributed by atoms with Crippen LogP contribution in [0.25, 0.3) is 0 Å². The predicted octanol–water partition coefficient (Wildman–Crippen LogP) is 2.91. The highest BCUT2D eigenvalue weighted by atomic mass is 19.1. The lowest BCUT2D eigenvalue weighted by molar-refractivity contribution is 0.452. The lowest BCUT2D eigenvalue weighted by Crippen LogP contribution is -2.19. The largest absolute Gasteiger partial charge is 0.258 e. The standard InChI is InChI=1S/C10H14FN/c1-4-10(2,3)9-8(11)6-5-7-12-9/h5-7H,4H2,1-3H3. The van der Waals surface area contributed by atoms with E-state index in [-0.39, 0.29) is 11.2 Å². The van der Waals surface area contributed by atoms with Gasteiger partial charge >= 0.3 is 0 Å². The number of hydrogen-bond donors (Lipinski definition) is 0. The molecule has 0 fully saturated rings. The van der Waals surface area contributed by atoms with Crippen LogP contribution in [0.5, 0.6) is 0 Å². The molecule has 0 saturated carbocycles. The zero-order valence-electron chi connectivity index (χ0n) is 7.76. The minimum atomic E-state index is -0.204. The molecule has 1 heterocycles. The van der Waals surface area contributed by atoms with Crippen LogP contribution in [-0.4, -0.2) is 4.98 Å². The molecule has 2 heteroatoms. The van der Waals surface area contributed by atoms with Crippen molar-refractivity contribution in [3.8, 4) is 0 Å². The number of nitrogens with zero attached hydrogens (tertiary/aromatic N) is 1. The first-order valence-corrected chi connectivity index (χ1v) is 4.19. The molecule has 0 aliphatic heterocycles. The van der Waals surface area contributed by atoms with Gasteiger partial charge in [0.25, 0.3) is 0 Å². The third-order valence-corrected chi connectivity index (χ3v) is 2.28. The molecule has 0 bridgehead atoms. The van der Waals surface area contributed by atoms with Crippen LogP contribution in [-0.2, 0) is 5.41 Å². The maximum Gasteiger partial charge on any atom is 0.145 e. The SMILES string of the molecule is CCC(C)(C)c1ncccc1F. The molecule has 1 rings (SSSR count). The Morgan fingerprint density at radius 3 is 2.67 bits per heavy atom. The van der Waals surface area contributed by atoms with E-state index in [1.54, 1.807) is 12.3 Å². The zero-order chi connectivity index (χ0) is 9.19. The van der Waals surface area contributed by atoms with Crippen LogP contribution in [0.2, 0.25) is 0 Å². The van der Waals surface area contributed by atoms with Crippen molar-refractivity contribution in [2.24, 2.45) is 0 Å². The van der Waals surface area contributed by atoms with Crippen molar-refractivity contribution in [2.45, 2.75) is 32.6 Å². The predicted molar refractivity (Wildman–Crippen MR) is 47.5 cm³/mol. The van der Waals surface area contributed by atoms with E-state index in [4.69, 9.17) is 0 Å². The molecule has 0 amide bonds. The van der Waals surface area contributed by atoms with Crippen molar-refractivity contribution in [1.29, 1.82) is 0 Å². The summed E-state index contributed by atoms with van der Waals surface area (Å²) in [4.78, 5) is 4.05. The van der Waals surface area contributed by atoms with E-state index in [0.717, 1.165) is 6.42 Å². The van der Waals surface area contributed by atoms with Crippen molar-refractivity contribution in [3.05, 3.63) is 29.8 Å². The number of hydrogen-bond acceptors (Lipinski definition) is 1. The van der Waals surface area contributed by atoms with E-state index in [2.05, 4.69) is 4.98 Å². The quantitative estimate of drug-likeness (QED) is 0.660. The number of pyridine rings is 1. The van der Waals surface area contributed by atoms with Crippen molar-refractivity contribution in [2.75, 3.05) is 0 Å². The van der Waals surface area contributed by atoms with Gasteiger partial charge in [-0.2, -0.15) is 0 Å². The average Bonchev–Trinajstić information content (AvgIpc) is 2.05. The summed E-state index contributed by atoms with van der Waals surface area (Å²) >= 11 is 0. The molecule has 1 aromatic heterocycles. The molecule has 0 spiro atoms. The van der Waals surface area contributed by atoms with Crippen molar-refractivity contribution < 1.29 is 4.39 Å². The summed E-state index contributed by atoms with van der Waals surface area (Å²) in [6.45, 7) is 6.03. The Bertz CT molecular complexity index is 268. The highest BCUT2D eigenvalue weighted by molar-refractivity contribution is 5.16. The summed E-state index contributed by atoms with van der Waals surface area (Å²) in [6.07, 6.45) is 2.52. The summed E-state index contributed by atoms with van der Waals surface area (Å²) < 4.78 is 13.2. The second kappa shape index (κ2) is 3.21. The second-order valence-corrected chi connectivity index (χ2v) is 3.57. The first-order chi connectivity index (χ1) is 5.58. The zero-order valence-corrected chi connectivity index (χ0v) is 7.76. The summed E-state index contributed by atoms with van der Waals surface area (Å²) in [6, 6.07) is 3.07. The molecular formula is C10H14FN. The third kappa shape index (κ3) is 1.63. The second-order valence-electron chi connectivity index (χ2n) is 3.57. The van der Waals surface area contributed by atoms with Gasteiger partial charge in [0, 0.05) is 11.6 Å². The molecule has 0 aliphatic carbocycles. The van der Waals surface area contributed by atoms with E-state index >= 15 is 0 Å². The lowest BCUT2D eigenvalue weighted by atomic mass is 9.86. The fourth-order valence-corrected chi connectivity index (χ4v) is 1.05.